The van der Waals surface area contributed by atoms with Crippen molar-refractivity contribution < 1.29 is 35.2 Å². The minimum Gasteiger partial charge on any atom is -0.453 e. The Morgan fingerprint density at radius 1 is 0.917 bits per heavy atom. The molecule has 0 bridgehead atoms. The van der Waals surface area contributed by atoms with Crippen LogP contribution in [0.2, 0.25) is 0 Å². The van der Waals surface area contributed by atoms with Crippen LogP contribution in [0.5, 0.6) is 0 Å². The van der Waals surface area contributed by atoms with E-state index in [2.05, 4.69) is 10.3 Å². The van der Waals surface area contributed by atoms with Crippen LogP contribution in [0, 0.1) is 0 Å². The molecule has 0 amide bonds. The number of fused-ring (bicyclic) bond motifs is 2. The maximum atomic E-state index is 12.5. The molecular weight excluding hydrogens is 508 g/mol. The van der Waals surface area contributed by atoms with E-state index < -0.39 is 30.0 Å². The Labute approximate surface area is 207 Å². The van der Waals surface area contributed by atoms with Gasteiger partial charge in [-0.1, -0.05) is 24.3 Å². The smallest absolute Gasteiger partial charge is 0.300 e. The van der Waals surface area contributed by atoms with E-state index >= 15 is 0 Å². The first-order chi connectivity index (χ1) is 17.0. The van der Waals surface area contributed by atoms with Crippen molar-refractivity contribution in [1.29, 1.82) is 0 Å². The van der Waals surface area contributed by atoms with Gasteiger partial charge in [0.1, 0.15) is 0 Å². The summed E-state index contributed by atoms with van der Waals surface area (Å²) < 4.78 is 76.2. The molecule has 1 aliphatic heterocycles. The lowest BCUT2D eigenvalue weighted by atomic mass is 9.91. The van der Waals surface area contributed by atoms with Crippen LogP contribution in [-0.4, -0.2) is 45.3 Å². The Hall–Kier alpha value is -3.58. The fraction of sp³-hybridized carbons (Fsp3) is 0.167. The molecule has 10 nitrogen and oxygen atoms in total. The normalized spacial score (nSPS) is 12.8. The van der Waals surface area contributed by atoms with Gasteiger partial charge in [0.2, 0.25) is 0 Å². The second-order valence-corrected chi connectivity index (χ2v) is 10.5. The highest BCUT2D eigenvalue weighted by Gasteiger charge is 2.31. The van der Waals surface area contributed by atoms with Gasteiger partial charge < -0.3 is 9.73 Å². The largest absolute Gasteiger partial charge is 0.453 e. The first-order valence-electron chi connectivity index (χ1n) is 10.8. The maximum absolute atomic E-state index is 12.5. The minimum absolute atomic E-state index is 0.0213. The van der Waals surface area contributed by atoms with Gasteiger partial charge in [-0.3, -0.25) is 18.9 Å². The molecule has 0 fully saturated rings. The van der Waals surface area contributed by atoms with Crippen molar-refractivity contribution in [1.82, 2.24) is 0 Å². The van der Waals surface area contributed by atoms with Crippen molar-refractivity contribution in [3.63, 3.8) is 0 Å². The summed E-state index contributed by atoms with van der Waals surface area (Å²) in [5.41, 5.74) is 0.709. The molecule has 0 saturated heterocycles. The molecule has 0 radical (unpaired) electrons. The zero-order valence-corrected chi connectivity index (χ0v) is 20.9. The monoisotopic (exact) mass is 530 g/mol. The second-order valence-electron chi connectivity index (χ2n) is 7.75. The van der Waals surface area contributed by atoms with Crippen LogP contribution in [0.4, 0.5) is 5.69 Å². The Kier molecular flexibility index (Phi) is 6.71. The lowest BCUT2D eigenvalue weighted by molar-refractivity contribution is 0.112. The Balaban J connectivity index is 2.40. The first-order valence-corrected chi connectivity index (χ1v) is 13.7. The number of carbonyl (C=O) groups is 1. The molecule has 3 N–H and O–H groups in total. The summed E-state index contributed by atoms with van der Waals surface area (Å²) in [5, 5.41) is 2.93. The minimum atomic E-state index is -4.92. The maximum Gasteiger partial charge on any atom is 0.300 e. The number of carbonyl (C=O) groups excluding carboxylic acids is 1. The van der Waals surface area contributed by atoms with Gasteiger partial charge >= 0.3 is 0 Å². The summed E-state index contributed by atoms with van der Waals surface area (Å²) in [6, 6.07) is 12.3. The number of aldehydes is 1. The molecular formula is C24H22N2O8S2. The van der Waals surface area contributed by atoms with Crippen molar-refractivity contribution in [2.75, 3.05) is 18.4 Å². The van der Waals surface area contributed by atoms with Crippen molar-refractivity contribution in [2.45, 2.75) is 23.6 Å². The summed E-state index contributed by atoms with van der Waals surface area (Å²) in [5.74, 6) is -0.381. The van der Waals surface area contributed by atoms with Crippen molar-refractivity contribution in [2.24, 2.45) is 4.99 Å². The number of hydrogen-bond acceptors (Lipinski definition) is 8. The third kappa shape index (κ3) is 4.39. The third-order valence-corrected chi connectivity index (χ3v) is 7.35. The van der Waals surface area contributed by atoms with Crippen molar-refractivity contribution in [3.05, 3.63) is 59.5 Å². The van der Waals surface area contributed by atoms with Gasteiger partial charge in [-0.2, -0.15) is 16.8 Å². The van der Waals surface area contributed by atoms with Crippen molar-refractivity contribution in [3.8, 4) is 22.5 Å². The standard InChI is InChI=1S/C24H22N2O8S2/c1-3-25-18-11-9-16-20(15-8-6-5-7-14(15)13-27)17-10-12-19(26-4-2)24(36(31,32)33)22(17)34-21(16)23(18)35(28,29)30/h5-13,25H,3-4H2,1-2H3,(H,28,29,30)(H,31,32,33)/b26-19+. The molecule has 0 aromatic heterocycles. The van der Waals surface area contributed by atoms with Crippen LogP contribution in [0.3, 0.4) is 0 Å². The van der Waals surface area contributed by atoms with E-state index in [9.17, 15) is 30.7 Å². The topological polar surface area (TPSA) is 163 Å². The summed E-state index contributed by atoms with van der Waals surface area (Å²) in [7, 11) is -9.81. The predicted molar refractivity (Wildman–Crippen MR) is 134 cm³/mol. The molecule has 0 atom stereocenters. The van der Waals surface area contributed by atoms with E-state index in [-0.39, 0.29) is 51.0 Å². The molecule has 0 spiro atoms. The molecule has 2 aromatic carbocycles. The van der Waals surface area contributed by atoms with Crippen LogP contribution in [0.15, 0.2) is 67.7 Å². The number of rotatable bonds is 7. The van der Waals surface area contributed by atoms with Gasteiger partial charge in [-0.25, -0.2) is 0 Å². The van der Waals surface area contributed by atoms with Crippen LogP contribution in [0.1, 0.15) is 24.2 Å². The molecule has 2 aromatic rings. The van der Waals surface area contributed by atoms with Crippen LogP contribution < -0.4 is 10.7 Å². The molecule has 12 heteroatoms. The van der Waals surface area contributed by atoms with Crippen LogP contribution >= 0.6 is 0 Å². The molecule has 1 heterocycles. The number of anilines is 1. The average Bonchev–Trinajstić information content (AvgIpc) is 2.81. The molecule has 36 heavy (non-hydrogen) atoms. The molecule has 0 saturated carbocycles. The number of nitrogens with zero attached hydrogens (tertiary/aromatic N) is 1. The Bertz CT molecular complexity index is 1760. The second kappa shape index (κ2) is 9.47. The predicted octanol–water partition coefficient (Wildman–Crippen LogP) is 3.86. The lowest BCUT2D eigenvalue weighted by Gasteiger charge is -2.20. The van der Waals surface area contributed by atoms with E-state index in [1.165, 1.54) is 18.2 Å². The zero-order valence-electron chi connectivity index (χ0n) is 19.2. The number of hydrogen-bond donors (Lipinski definition) is 3. The van der Waals surface area contributed by atoms with E-state index in [1.807, 2.05) is 0 Å². The van der Waals surface area contributed by atoms with Gasteiger partial charge in [0, 0.05) is 35.2 Å². The molecule has 1 aliphatic carbocycles. The lowest BCUT2D eigenvalue weighted by Crippen LogP contribution is -2.18. The van der Waals surface area contributed by atoms with E-state index in [0.29, 0.717) is 18.4 Å². The van der Waals surface area contributed by atoms with Crippen LogP contribution in [-0.2, 0) is 20.2 Å². The van der Waals surface area contributed by atoms with Gasteiger partial charge in [-0.15, -0.1) is 0 Å². The summed E-state index contributed by atoms with van der Waals surface area (Å²) in [6.45, 7) is 3.87. The van der Waals surface area contributed by atoms with E-state index in [1.54, 1.807) is 44.2 Å². The van der Waals surface area contributed by atoms with Gasteiger partial charge in [0.15, 0.2) is 27.4 Å². The fourth-order valence-electron chi connectivity index (χ4n) is 4.21. The van der Waals surface area contributed by atoms with Crippen LogP contribution in [0.25, 0.3) is 33.4 Å². The van der Waals surface area contributed by atoms with Gasteiger partial charge in [-0.05, 0) is 43.7 Å². The van der Waals surface area contributed by atoms with Gasteiger partial charge in [0.25, 0.3) is 20.2 Å². The summed E-state index contributed by atoms with van der Waals surface area (Å²) >= 11 is 0. The molecule has 188 valence electrons. The first kappa shape index (κ1) is 25.5. The quantitative estimate of drug-likeness (QED) is 0.183. The molecule has 2 aliphatic rings. The van der Waals surface area contributed by atoms with E-state index in [0.717, 1.165) is 0 Å². The Morgan fingerprint density at radius 3 is 2.22 bits per heavy atom. The summed E-state index contributed by atoms with van der Waals surface area (Å²) in [6.07, 6.45) is 0.609. The Morgan fingerprint density at radius 2 is 1.61 bits per heavy atom. The average molecular weight is 531 g/mol. The van der Waals surface area contributed by atoms with Crippen molar-refractivity contribution >= 4 is 43.2 Å². The SMILES string of the molecule is CC/N=c1\ccc2c(-c3ccccc3C=O)c3ccc(NCC)c(S(=O)(=O)O)c3oc-2c1S(=O)(=O)O. The highest BCUT2D eigenvalue weighted by molar-refractivity contribution is 7.86. The van der Waals surface area contributed by atoms with Gasteiger partial charge in [0.05, 0.1) is 11.0 Å². The zero-order chi connectivity index (χ0) is 26.3. The third-order valence-electron chi connectivity index (χ3n) is 5.51. The molecule has 0 unspecified atom stereocenters. The fourth-order valence-corrected chi connectivity index (χ4v) is 5.79. The number of benzene rings is 3. The molecule has 4 rings (SSSR count). The van der Waals surface area contributed by atoms with E-state index in [4.69, 9.17) is 4.42 Å². The number of nitrogens with one attached hydrogen (secondary N) is 1. The highest BCUT2D eigenvalue weighted by atomic mass is 32.2. The highest BCUT2D eigenvalue weighted by Crippen LogP contribution is 2.45. The summed E-state index contributed by atoms with van der Waals surface area (Å²) in [4.78, 5) is 14.7.